The number of carboxylic acids is 1. The van der Waals surface area contributed by atoms with Crippen LogP contribution in [0.2, 0.25) is 0 Å². The van der Waals surface area contributed by atoms with Crippen molar-refractivity contribution in [2.45, 2.75) is 13.0 Å². The predicted molar refractivity (Wildman–Crippen MR) is 83.6 cm³/mol. The van der Waals surface area contributed by atoms with Crippen molar-refractivity contribution >= 4 is 62.2 Å². The first-order valence-electron chi connectivity index (χ1n) is 5.63. The van der Waals surface area contributed by atoms with Crippen molar-refractivity contribution in [1.29, 1.82) is 0 Å². The largest absolute Gasteiger partial charge is 0.548 e. The monoisotopic (exact) mass is 370 g/mol. The van der Waals surface area contributed by atoms with Crippen LogP contribution in [-0.4, -0.2) is 27.1 Å². The molecule has 0 unspecified atom stereocenters. The van der Waals surface area contributed by atoms with Gasteiger partial charge < -0.3 is 9.90 Å². The number of aliphatic carboxylic acids is 1. The fourth-order valence-corrected chi connectivity index (χ4v) is 3.31. The van der Waals surface area contributed by atoms with Crippen LogP contribution in [0, 0.1) is 0 Å². The zero-order valence-electron chi connectivity index (χ0n) is 10.3. The van der Waals surface area contributed by atoms with Gasteiger partial charge in [0.1, 0.15) is 4.32 Å². The summed E-state index contributed by atoms with van der Waals surface area (Å²) in [4.78, 5) is 24.5. The minimum atomic E-state index is -1.33. The van der Waals surface area contributed by atoms with Crippen LogP contribution in [0.15, 0.2) is 33.6 Å². The number of hydrogen-bond donors (Lipinski definition) is 0. The Hall–Kier alpha value is -1.18. The second-order valence-corrected chi connectivity index (χ2v) is 6.69. The summed E-state index contributed by atoms with van der Waals surface area (Å²) in [6, 6.07) is 6.34. The molecule has 1 aromatic carbocycles. The van der Waals surface area contributed by atoms with Gasteiger partial charge >= 0.3 is 0 Å². The molecule has 20 heavy (non-hydrogen) atoms. The third kappa shape index (κ3) is 3.11. The predicted octanol–water partition coefficient (Wildman–Crippen LogP) is 1.79. The van der Waals surface area contributed by atoms with Crippen molar-refractivity contribution in [1.82, 2.24) is 4.90 Å². The molecule has 7 heteroatoms. The second kappa shape index (κ2) is 6.07. The molecular formula is C13H9BrNO3S2-. The number of nitrogens with zero attached hydrogens (tertiary/aromatic N) is 1. The first-order chi connectivity index (χ1) is 9.40. The number of hydrogen-bond acceptors (Lipinski definition) is 5. The van der Waals surface area contributed by atoms with E-state index in [1.807, 2.05) is 24.3 Å². The fourth-order valence-electron chi connectivity index (χ4n) is 1.63. The molecule has 2 rings (SSSR count). The van der Waals surface area contributed by atoms with E-state index in [0.717, 1.165) is 26.7 Å². The zero-order valence-corrected chi connectivity index (χ0v) is 13.5. The third-order valence-electron chi connectivity index (χ3n) is 2.72. The van der Waals surface area contributed by atoms with E-state index in [1.54, 1.807) is 6.08 Å². The lowest BCUT2D eigenvalue weighted by Gasteiger charge is -2.23. The Balaban J connectivity index is 2.28. The molecular weight excluding hydrogens is 362 g/mol. The number of thioether (sulfide) groups is 1. The summed E-state index contributed by atoms with van der Waals surface area (Å²) in [6.45, 7) is 1.38. The first-order valence-corrected chi connectivity index (χ1v) is 7.65. The maximum atomic E-state index is 12.2. The van der Waals surface area contributed by atoms with E-state index in [-0.39, 0.29) is 4.32 Å². The van der Waals surface area contributed by atoms with Crippen molar-refractivity contribution in [2.24, 2.45) is 0 Å². The number of halogens is 1. The standard InChI is InChI=1S/C13H10BrNO3S2/c1-7(12(17)18)15-11(16)10(20-13(15)19)6-8-2-4-9(14)5-3-8/h2-7H,1H3,(H,17,18)/p-1/b10-6+/t7-/m1/s1. The van der Waals surface area contributed by atoms with Crippen molar-refractivity contribution < 1.29 is 14.7 Å². The van der Waals surface area contributed by atoms with Gasteiger partial charge in [0.25, 0.3) is 5.91 Å². The fraction of sp³-hybridized carbons (Fsp3) is 0.154. The molecule has 0 radical (unpaired) electrons. The summed E-state index contributed by atoms with van der Waals surface area (Å²) >= 11 is 9.48. The molecule has 0 spiro atoms. The van der Waals surface area contributed by atoms with Crippen LogP contribution < -0.4 is 5.11 Å². The Bertz CT molecular complexity index is 613. The number of carboxylic acid groups (broad SMARTS) is 1. The number of amides is 1. The Morgan fingerprint density at radius 2 is 2.05 bits per heavy atom. The summed E-state index contributed by atoms with van der Waals surface area (Å²) in [6.07, 6.45) is 1.69. The van der Waals surface area contributed by atoms with Crippen LogP contribution in [0.4, 0.5) is 0 Å². The summed E-state index contributed by atoms with van der Waals surface area (Å²) < 4.78 is 1.17. The van der Waals surface area contributed by atoms with Gasteiger partial charge in [0.05, 0.1) is 16.9 Å². The first kappa shape index (κ1) is 15.2. The summed E-state index contributed by atoms with van der Waals surface area (Å²) in [5, 5.41) is 10.9. The van der Waals surface area contributed by atoms with Crippen LogP contribution in [0.3, 0.4) is 0 Å². The number of carbonyl (C=O) groups is 2. The Morgan fingerprint density at radius 1 is 1.45 bits per heavy atom. The van der Waals surface area contributed by atoms with Gasteiger partial charge in [-0.1, -0.05) is 52.0 Å². The molecule has 1 aliphatic rings. The van der Waals surface area contributed by atoms with E-state index in [0.29, 0.717) is 4.91 Å². The van der Waals surface area contributed by atoms with Crippen molar-refractivity contribution in [2.75, 3.05) is 0 Å². The van der Waals surface area contributed by atoms with Gasteiger partial charge in [0.15, 0.2) is 0 Å². The van der Waals surface area contributed by atoms with E-state index < -0.39 is 17.9 Å². The molecule has 1 aliphatic heterocycles. The Morgan fingerprint density at radius 3 is 2.60 bits per heavy atom. The minimum Gasteiger partial charge on any atom is -0.548 e. The van der Waals surface area contributed by atoms with E-state index in [9.17, 15) is 14.7 Å². The average Bonchev–Trinajstić information content (AvgIpc) is 2.66. The van der Waals surface area contributed by atoms with E-state index in [4.69, 9.17) is 12.2 Å². The minimum absolute atomic E-state index is 0.232. The maximum absolute atomic E-state index is 12.2. The highest BCUT2D eigenvalue weighted by atomic mass is 79.9. The number of benzene rings is 1. The molecule has 1 saturated heterocycles. The van der Waals surface area contributed by atoms with Crippen molar-refractivity contribution in [3.63, 3.8) is 0 Å². The highest BCUT2D eigenvalue weighted by Gasteiger charge is 2.35. The summed E-state index contributed by atoms with van der Waals surface area (Å²) in [5.74, 6) is -1.73. The molecule has 4 nitrogen and oxygen atoms in total. The molecule has 1 fully saturated rings. The molecule has 0 bridgehead atoms. The van der Waals surface area contributed by atoms with Gasteiger partial charge in [-0.3, -0.25) is 9.69 Å². The molecule has 0 aliphatic carbocycles. The quantitative estimate of drug-likeness (QED) is 0.599. The van der Waals surface area contributed by atoms with Gasteiger partial charge in [-0.25, -0.2) is 0 Å². The highest BCUT2D eigenvalue weighted by molar-refractivity contribution is 9.10. The SMILES string of the molecule is C[C@H](C(=O)[O-])N1C(=O)/C(=C\c2ccc(Br)cc2)SC1=S. The second-order valence-electron chi connectivity index (χ2n) is 4.10. The lowest BCUT2D eigenvalue weighted by atomic mass is 10.2. The molecule has 0 saturated carbocycles. The van der Waals surface area contributed by atoms with Gasteiger partial charge in [0.2, 0.25) is 0 Å². The number of thiocarbonyl (C=S) groups is 1. The molecule has 1 aromatic rings. The van der Waals surface area contributed by atoms with E-state index in [2.05, 4.69) is 15.9 Å². The molecule has 1 amide bonds. The van der Waals surface area contributed by atoms with Gasteiger partial charge in [-0.2, -0.15) is 0 Å². The van der Waals surface area contributed by atoms with E-state index >= 15 is 0 Å². The van der Waals surface area contributed by atoms with Crippen LogP contribution in [0.5, 0.6) is 0 Å². The maximum Gasteiger partial charge on any atom is 0.266 e. The van der Waals surface area contributed by atoms with Crippen molar-refractivity contribution in [3.05, 3.63) is 39.2 Å². The average molecular weight is 371 g/mol. The molecule has 104 valence electrons. The van der Waals surface area contributed by atoms with Gasteiger partial charge in [0, 0.05) is 4.47 Å². The summed E-state index contributed by atoms with van der Waals surface area (Å²) in [5.41, 5.74) is 0.842. The number of carbonyl (C=O) groups excluding carboxylic acids is 2. The normalized spacial score (nSPS) is 18.7. The topological polar surface area (TPSA) is 60.4 Å². The van der Waals surface area contributed by atoms with Crippen LogP contribution in [0.25, 0.3) is 6.08 Å². The van der Waals surface area contributed by atoms with Crippen molar-refractivity contribution in [3.8, 4) is 0 Å². The lowest BCUT2D eigenvalue weighted by Crippen LogP contribution is -2.48. The highest BCUT2D eigenvalue weighted by Crippen LogP contribution is 2.33. The Labute approximate surface area is 134 Å². The van der Waals surface area contributed by atoms with Crippen LogP contribution in [-0.2, 0) is 9.59 Å². The van der Waals surface area contributed by atoms with Crippen LogP contribution in [0.1, 0.15) is 12.5 Å². The molecule has 1 heterocycles. The molecule has 1 atom stereocenters. The zero-order chi connectivity index (χ0) is 14.9. The molecule has 0 aromatic heterocycles. The third-order valence-corrected chi connectivity index (χ3v) is 4.58. The van der Waals surface area contributed by atoms with Gasteiger partial charge in [-0.05, 0) is 30.7 Å². The molecule has 0 N–H and O–H groups in total. The lowest BCUT2D eigenvalue weighted by molar-refractivity contribution is -0.309. The summed E-state index contributed by atoms with van der Waals surface area (Å²) in [7, 11) is 0. The Kier molecular flexibility index (Phi) is 4.62. The van der Waals surface area contributed by atoms with Gasteiger partial charge in [-0.15, -0.1) is 0 Å². The van der Waals surface area contributed by atoms with E-state index in [1.165, 1.54) is 6.92 Å². The smallest absolute Gasteiger partial charge is 0.266 e. The number of rotatable bonds is 3. The van der Waals surface area contributed by atoms with Crippen LogP contribution >= 0.6 is 39.9 Å².